The number of halogens is 2. The standard InChI is InChI=1S/C17H25ClFN/c1-3-12-5-6-13(9-12)17(20-4-2)11-14-10-15(18)7-8-16(14)19/h7-8,10,12-13,17,20H,3-6,9,11H2,1-2H3. The molecule has 1 aliphatic rings. The van der Waals surface area contributed by atoms with E-state index in [1.165, 1.54) is 31.7 Å². The molecule has 1 aromatic carbocycles. The number of rotatable bonds is 6. The van der Waals surface area contributed by atoms with Gasteiger partial charge in [-0.3, -0.25) is 0 Å². The third-order valence-corrected chi connectivity index (χ3v) is 4.88. The minimum Gasteiger partial charge on any atom is -0.314 e. The Kier molecular flexibility index (Phi) is 5.86. The Morgan fingerprint density at radius 3 is 2.80 bits per heavy atom. The Morgan fingerprint density at radius 2 is 2.15 bits per heavy atom. The van der Waals surface area contributed by atoms with Gasteiger partial charge in [-0.15, -0.1) is 0 Å². The summed E-state index contributed by atoms with van der Waals surface area (Å²) in [5, 5.41) is 4.17. The van der Waals surface area contributed by atoms with Crippen molar-refractivity contribution in [2.24, 2.45) is 11.8 Å². The lowest BCUT2D eigenvalue weighted by Gasteiger charge is -2.25. The molecule has 20 heavy (non-hydrogen) atoms. The molecule has 1 aliphatic carbocycles. The molecule has 0 aliphatic heterocycles. The average molecular weight is 298 g/mol. The van der Waals surface area contributed by atoms with E-state index in [9.17, 15) is 4.39 Å². The molecule has 0 saturated heterocycles. The number of hydrogen-bond donors (Lipinski definition) is 1. The molecule has 1 nitrogen and oxygen atoms in total. The summed E-state index contributed by atoms with van der Waals surface area (Å²) in [5.74, 6) is 1.38. The minimum absolute atomic E-state index is 0.137. The lowest BCUT2D eigenvalue weighted by atomic mass is 9.90. The van der Waals surface area contributed by atoms with Crippen LogP contribution >= 0.6 is 11.6 Å². The zero-order valence-electron chi connectivity index (χ0n) is 12.5. The van der Waals surface area contributed by atoms with Crippen molar-refractivity contribution < 1.29 is 4.39 Å². The molecule has 3 heteroatoms. The highest BCUT2D eigenvalue weighted by Crippen LogP contribution is 2.36. The predicted octanol–water partition coefficient (Wildman–Crippen LogP) is 4.83. The van der Waals surface area contributed by atoms with Crippen LogP contribution < -0.4 is 5.32 Å². The summed E-state index contributed by atoms with van der Waals surface area (Å²) in [5.41, 5.74) is 0.739. The van der Waals surface area contributed by atoms with Gasteiger partial charge in [0.25, 0.3) is 0 Å². The topological polar surface area (TPSA) is 12.0 Å². The van der Waals surface area contributed by atoms with Crippen molar-refractivity contribution in [3.05, 3.63) is 34.6 Å². The maximum atomic E-state index is 13.9. The predicted molar refractivity (Wildman–Crippen MR) is 83.7 cm³/mol. The van der Waals surface area contributed by atoms with E-state index in [0.717, 1.165) is 24.4 Å². The molecule has 0 amide bonds. The van der Waals surface area contributed by atoms with Crippen molar-refractivity contribution in [2.45, 2.75) is 52.0 Å². The van der Waals surface area contributed by atoms with Crippen LogP contribution in [0, 0.1) is 17.7 Å². The molecule has 1 fully saturated rings. The quantitative estimate of drug-likeness (QED) is 0.793. The fraction of sp³-hybridized carbons (Fsp3) is 0.647. The van der Waals surface area contributed by atoms with Crippen LogP contribution in [-0.2, 0) is 6.42 Å². The molecule has 1 N–H and O–H groups in total. The fourth-order valence-corrected chi connectivity index (χ4v) is 3.65. The number of hydrogen-bond acceptors (Lipinski definition) is 1. The first-order chi connectivity index (χ1) is 9.63. The van der Waals surface area contributed by atoms with E-state index in [-0.39, 0.29) is 5.82 Å². The van der Waals surface area contributed by atoms with E-state index in [0.29, 0.717) is 17.0 Å². The molecule has 3 unspecified atom stereocenters. The molecule has 0 bridgehead atoms. The van der Waals surface area contributed by atoms with Gasteiger partial charge in [-0.2, -0.15) is 0 Å². The second-order valence-electron chi connectivity index (χ2n) is 5.95. The second-order valence-corrected chi connectivity index (χ2v) is 6.39. The Balaban J connectivity index is 2.07. The molecule has 112 valence electrons. The summed E-state index contributed by atoms with van der Waals surface area (Å²) in [6, 6.07) is 5.23. The van der Waals surface area contributed by atoms with Crippen LogP contribution in [0.1, 0.15) is 45.1 Å². The molecule has 1 aromatic rings. The Morgan fingerprint density at radius 1 is 1.35 bits per heavy atom. The highest BCUT2D eigenvalue weighted by atomic mass is 35.5. The highest BCUT2D eigenvalue weighted by Gasteiger charge is 2.30. The normalized spacial score (nSPS) is 24.0. The van der Waals surface area contributed by atoms with Gasteiger partial charge in [0.15, 0.2) is 0 Å². The molecule has 0 aromatic heterocycles. The van der Waals surface area contributed by atoms with Gasteiger partial charge < -0.3 is 5.32 Å². The van der Waals surface area contributed by atoms with E-state index < -0.39 is 0 Å². The van der Waals surface area contributed by atoms with Crippen molar-refractivity contribution in [3.8, 4) is 0 Å². The van der Waals surface area contributed by atoms with E-state index in [2.05, 4.69) is 19.2 Å². The summed E-state index contributed by atoms with van der Waals surface area (Å²) in [6.07, 6.45) is 5.86. The number of benzene rings is 1. The van der Waals surface area contributed by atoms with Crippen LogP contribution in [0.15, 0.2) is 18.2 Å². The summed E-state index contributed by atoms with van der Waals surface area (Å²) in [7, 11) is 0. The molecular formula is C17H25ClFN. The SMILES string of the molecule is CCNC(Cc1cc(Cl)ccc1F)C1CCC(CC)C1. The molecule has 2 rings (SSSR count). The van der Waals surface area contributed by atoms with Crippen LogP contribution in [0.2, 0.25) is 5.02 Å². The molecule has 0 heterocycles. The molecule has 0 spiro atoms. The Hall–Kier alpha value is -0.600. The smallest absolute Gasteiger partial charge is 0.126 e. The highest BCUT2D eigenvalue weighted by molar-refractivity contribution is 6.30. The van der Waals surface area contributed by atoms with Gasteiger partial charge >= 0.3 is 0 Å². The second kappa shape index (κ2) is 7.42. The Bertz CT molecular complexity index is 435. The van der Waals surface area contributed by atoms with Gasteiger partial charge in [-0.25, -0.2) is 4.39 Å². The van der Waals surface area contributed by atoms with Gasteiger partial charge in [-0.1, -0.05) is 38.3 Å². The first-order valence-electron chi connectivity index (χ1n) is 7.81. The van der Waals surface area contributed by atoms with Gasteiger partial charge in [-0.05, 0) is 61.4 Å². The van der Waals surface area contributed by atoms with Gasteiger partial charge in [0, 0.05) is 11.1 Å². The lowest BCUT2D eigenvalue weighted by Crippen LogP contribution is -2.37. The van der Waals surface area contributed by atoms with Crippen LogP contribution in [0.5, 0.6) is 0 Å². The monoisotopic (exact) mass is 297 g/mol. The first-order valence-corrected chi connectivity index (χ1v) is 8.19. The summed E-state index contributed by atoms with van der Waals surface area (Å²) < 4.78 is 13.9. The molecular weight excluding hydrogens is 273 g/mol. The van der Waals surface area contributed by atoms with Crippen molar-refractivity contribution >= 4 is 11.6 Å². The zero-order chi connectivity index (χ0) is 14.5. The first kappa shape index (κ1) is 15.8. The van der Waals surface area contributed by atoms with E-state index in [4.69, 9.17) is 11.6 Å². The third kappa shape index (κ3) is 3.95. The van der Waals surface area contributed by atoms with Crippen molar-refractivity contribution in [1.82, 2.24) is 5.32 Å². The van der Waals surface area contributed by atoms with Crippen LogP contribution in [0.4, 0.5) is 4.39 Å². The van der Waals surface area contributed by atoms with Crippen molar-refractivity contribution in [1.29, 1.82) is 0 Å². The third-order valence-electron chi connectivity index (χ3n) is 4.64. The molecule has 1 saturated carbocycles. The molecule has 3 atom stereocenters. The number of likely N-dealkylation sites (N-methyl/N-ethyl adjacent to an activating group) is 1. The van der Waals surface area contributed by atoms with Crippen molar-refractivity contribution in [2.75, 3.05) is 6.54 Å². The lowest BCUT2D eigenvalue weighted by molar-refractivity contribution is 0.346. The van der Waals surface area contributed by atoms with Gasteiger partial charge in [0.2, 0.25) is 0 Å². The number of nitrogens with one attached hydrogen (secondary N) is 1. The summed E-state index contributed by atoms with van der Waals surface area (Å²) in [6.45, 7) is 5.32. The minimum atomic E-state index is -0.137. The van der Waals surface area contributed by atoms with Crippen molar-refractivity contribution in [3.63, 3.8) is 0 Å². The maximum Gasteiger partial charge on any atom is 0.126 e. The van der Waals surface area contributed by atoms with Crippen LogP contribution in [0.25, 0.3) is 0 Å². The van der Waals surface area contributed by atoms with Gasteiger partial charge in [0.1, 0.15) is 5.82 Å². The van der Waals surface area contributed by atoms with E-state index in [1.807, 2.05) is 0 Å². The zero-order valence-corrected chi connectivity index (χ0v) is 13.2. The average Bonchev–Trinajstić information content (AvgIpc) is 2.91. The fourth-order valence-electron chi connectivity index (χ4n) is 3.45. The molecule has 0 radical (unpaired) electrons. The summed E-state index contributed by atoms with van der Waals surface area (Å²) >= 11 is 6.00. The maximum absolute atomic E-state index is 13.9. The van der Waals surface area contributed by atoms with Crippen LogP contribution in [-0.4, -0.2) is 12.6 Å². The largest absolute Gasteiger partial charge is 0.314 e. The summed E-state index contributed by atoms with van der Waals surface area (Å²) in [4.78, 5) is 0. The van der Waals surface area contributed by atoms with Gasteiger partial charge in [0.05, 0.1) is 0 Å². The van der Waals surface area contributed by atoms with Crippen LogP contribution in [0.3, 0.4) is 0 Å². The van der Waals surface area contributed by atoms with E-state index >= 15 is 0 Å². The Labute approximate surface area is 126 Å². The van der Waals surface area contributed by atoms with E-state index in [1.54, 1.807) is 12.1 Å².